The molecule has 78 valence electrons. The molecule has 3 heteroatoms. The fraction of sp³-hybridized carbons (Fsp3) is 0.909. The smallest absolute Gasteiger partial charge is 0.0730 e. The zero-order chi connectivity index (χ0) is 9.80. The van der Waals surface area contributed by atoms with Gasteiger partial charge in [-0.1, -0.05) is 12.8 Å². The first-order valence-corrected chi connectivity index (χ1v) is 5.64. The van der Waals surface area contributed by atoms with Crippen LogP contribution in [0.2, 0.25) is 0 Å². The molecule has 1 saturated carbocycles. The molecule has 2 rings (SSSR count). The van der Waals surface area contributed by atoms with Crippen LogP contribution in [0.3, 0.4) is 0 Å². The molecule has 2 unspecified atom stereocenters. The van der Waals surface area contributed by atoms with Gasteiger partial charge in [0.2, 0.25) is 0 Å². The van der Waals surface area contributed by atoms with Crippen LogP contribution in [0, 0.1) is 11.3 Å². The van der Waals surface area contributed by atoms with Crippen LogP contribution >= 0.6 is 0 Å². The van der Waals surface area contributed by atoms with E-state index in [1.807, 2.05) is 0 Å². The van der Waals surface area contributed by atoms with Crippen LogP contribution in [0.1, 0.15) is 32.1 Å². The zero-order valence-corrected chi connectivity index (χ0v) is 8.61. The Bertz CT molecular complexity index is 222. The van der Waals surface area contributed by atoms with E-state index in [9.17, 15) is 0 Å². The molecule has 0 spiro atoms. The van der Waals surface area contributed by atoms with Gasteiger partial charge in [-0.2, -0.15) is 5.26 Å². The normalized spacial score (nSPS) is 33.4. The molecule has 3 nitrogen and oxygen atoms in total. The highest BCUT2D eigenvalue weighted by atomic mass is 16.5. The van der Waals surface area contributed by atoms with Gasteiger partial charge in [-0.15, -0.1) is 0 Å². The van der Waals surface area contributed by atoms with Crippen molar-refractivity contribution >= 4 is 0 Å². The Balaban J connectivity index is 1.91. The number of rotatable bonds is 2. The molecule has 0 bridgehead atoms. The minimum atomic E-state index is 0.455. The largest absolute Gasteiger partial charge is 0.375 e. The van der Waals surface area contributed by atoms with Gasteiger partial charge >= 0.3 is 0 Å². The third-order valence-corrected chi connectivity index (χ3v) is 3.36. The van der Waals surface area contributed by atoms with Crippen molar-refractivity contribution in [3.8, 4) is 6.07 Å². The first-order chi connectivity index (χ1) is 6.92. The van der Waals surface area contributed by atoms with Crippen molar-refractivity contribution in [2.75, 3.05) is 19.7 Å². The van der Waals surface area contributed by atoms with E-state index in [2.05, 4.69) is 11.0 Å². The maximum Gasteiger partial charge on any atom is 0.0730 e. The molecule has 1 aliphatic carbocycles. The Morgan fingerprint density at radius 2 is 2.21 bits per heavy atom. The van der Waals surface area contributed by atoms with Crippen molar-refractivity contribution < 1.29 is 4.74 Å². The summed E-state index contributed by atoms with van der Waals surface area (Å²) in [7, 11) is 0. The fourth-order valence-corrected chi connectivity index (χ4v) is 2.65. The number of ether oxygens (including phenoxy) is 1. The van der Waals surface area contributed by atoms with Gasteiger partial charge in [0, 0.05) is 25.6 Å². The Labute approximate surface area is 85.6 Å². The average molecular weight is 194 g/mol. The molecule has 2 fully saturated rings. The van der Waals surface area contributed by atoms with E-state index in [1.54, 1.807) is 0 Å². The van der Waals surface area contributed by atoms with Crippen LogP contribution in [0.4, 0.5) is 0 Å². The van der Waals surface area contributed by atoms with Crippen molar-refractivity contribution in [3.63, 3.8) is 0 Å². The average Bonchev–Trinajstić information content (AvgIpc) is 2.26. The lowest BCUT2D eigenvalue weighted by Gasteiger charge is -2.43. The molecule has 2 atom stereocenters. The molecule has 0 N–H and O–H groups in total. The zero-order valence-electron chi connectivity index (χ0n) is 8.61. The van der Waals surface area contributed by atoms with E-state index in [1.165, 1.54) is 25.7 Å². The Morgan fingerprint density at radius 1 is 1.36 bits per heavy atom. The highest BCUT2D eigenvalue weighted by Gasteiger charge is 2.33. The van der Waals surface area contributed by atoms with E-state index in [0.717, 1.165) is 19.7 Å². The third-order valence-electron chi connectivity index (χ3n) is 3.36. The molecule has 0 aromatic heterocycles. The van der Waals surface area contributed by atoms with E-state index >= 15 is 0 Å². The van der Waals surface area contributed by atoms with Crippen LogP contribution in [-0.2, 0) is 4.74 Å². The van der Waals surface area contributed by atoms with Gasteiger partial charge in [-0.05, 0) is 12.8 Å². The first kappa shape index (κ1) is 9.95. The van der Waals surface area contributed by atoms with Crippen molar-refractivity contribution in [2.24, 2.45) is 0 Å². The monoisotopic (exact) mass is 194 g/mol. The first-order valence-electron chi connectivity index (χ1n) is 5.64. The van der Waals surface area contributed by atoms with Gasteiger partial charge in [0.25, 0.3) is 0 Å². The van der Waals surface area contributed by atoms with Crippen LogP contribution in [0.25, 0.3) is 0 Å². The van der Waals surface area contributed by atoms with Crippen LogP contribution in [0.5, 0.6) is 0 Å². The van der Waals surface area contributed by atoms with E-state index < -0.39 is 0 Å². The lowest BCUT2D eigenvalue weighted by molar-refractivity contribution is -0.0872. The van der Waals surface area contributed by atoms with Gasteiger partial charge in [0.1, 0.15) is 0 Å². The molecule has 1 heterocycles. The van der Waals surface area contributed by atoms with Crippen LogP contribution < -0.4 is 0 Å². The predicted octanol–water partition coefficient (Wildman–Crippen LogP) is 1.54. The summed E-state index contributed by atoms with van der Waals surface area (Å²) in [5.41, 5.74) is 0. The molecule has 0 aromatic carbocycles. The lowest BCUT2D eigenvalue weighted by atomic mass is 9.90. The standard InChI is InChI=1S/C11H18N2O/c12-6-3-7-13-8-9-14-11-5-2-1-4-10(11)13/h10-11H,1-5,7-9H2. The Morgan fingerprint density at radius 3 is 3.07 bits per heavy atom. The fourth-order valence-electron chi connectivity index (χ4n) is 2.65. The van der Waals surface area contributed by atoms with E-state index in [4.69, 9.17) is 10.00 Å². The SMILES string of the molecule is N#CCCN1CCOC2CCCCC21. The van der Waals surface area contributed by atoms with Crippen molar-refractivity contribution in [3.05, 3.63) is 0 Å². The van der Waals surface area contributed by atoms with Crippen molar-refractivity contribution in [2.45, 2.75) is 44.2 Å². The lowest BCUT2D eigenvalue weighted by Crippen LogP contribution is -2.52. The summed E-state index contributed by atoms with van der Waals surface area (Å²) < 4.78 is 5.77. The molecule has 1 aliphatic heterocycles. The highest BCUT2D eigenvalue weighted by Crippen LogP contribution is 2.28. The molecule has 0 aromatic rings. The Kier molecular flexibility index (Phi) is 3.39. The maximum atomic E-state index is 8.59. The van der Waals surface area contributed by atoms with Gasteiger partial charge in [0.15, 0.2) is 0 Å². The quantitative estimate of drug-likeness (QED) is 0.669. The molecular weight excluding hydrogens is 176 g/mol. The Hall–Kier alpha value is -0.590. The summed E-state index contributed by atoms with van der Waals surface area (Å²) in [4.78, 5) is 2.45. The van der Waals surface area contributed by atoms with Gasteiger partial charge in [-0.3, -0.25) is 4.90 Å². The van der Waals surface area contributed by atoms with E-state index in [-0.39, 0.29) is 0 Å². The molecular formula is C11H18N2O. The summed E-state index contributed by atoms with van der Waals surface area (Å²) in [6.45, 7) is 2.80. The highest BCUT2D eigenvalue weighted by molar-refractivity contribution is 4.88. The predicted molar refractivity (Wildman–Crippen MR) is 53.8 cm³/mol. The number of hydrogen-bond acceptors (Lipinski definition) is 3. The topological polar surface area (TPSA) is 36.3 Å². The van der Waals surface area contributed by atoms with Crippen LogP contribution in [0.15, 0.2) is 0 Å². The van der Waals surface area contributed by atoms with E-state index in [0.29, 0.717) is 18.6 Å². The number of morpholine rings is 1. The van der Waals surface area contributed by atoms with Gasteiger partial charge < -0.3 is 4.74 Å². The summed E-state index contributed by atoms with van der Waals surface area (Å²) in [6, 6.07) is 2.83. The molecule has 0 radical (unpaired) electrons. The second-order valence-corrected chi connectivity index (χ2v) is 4.21. The molecule has 1 saturated heterocycles. The summed E-state index contributed by atoms with van der Waals surface area (Å²) >= 11 is 0. The second-order valence-electron chi connectivity index (χ2n) is 4.21. The summed E-state index contributed by atoms with van der Waals surface area (Å²) in [5.74, 6) is 0. The molecule has 14 heavy (non-hydrogen) atoms. The maximum absolute atomic E-state index is 8.59. The third kappa shape index (κ3) is 2.08. The molecule has 0 amide bonds. The molecule has 2 aliphatic rings. The van der Waals surface area contributed by atoms with Crippen LogP contribution in [-0.4, -0.2) is 36.7 Å². The van der Waals surface area contributed by atoms with Crippen molar-refractivity contribution in [1.82, 2.24) is 4.90 Å². The van der Waals surface area contributed by atoms with Gasteiger partial charge in [0.05, 0.1) is 18.8 Å². The number of nitriles is 1. The summed E-state index contributed by atoms with van der Waals surface area (Å²) in [6.07, 6.45) is 6.23. The number of fused-ring (bicyclic) bond motifs is 1. The van der Waals surface area contributed by atoms with Gasteiger partial charge in [-0.25, -0.2) is 0 Å². The van der Waals surface area contributed by atoms with Crippen molar-refractivity contribution in [1.29, 1.82) is 5.26 Å². The number of nitrogens with zero attached hydrogens (tertiary/aromatic N) is 2. The second kappa shape index (κ2) is 4.77. The minimum Gasteiger partial charge on any atom is -0.375 e. The number of hydrogen-bond donors (Lipinski definition) is 0. The minimum absolute atomic E-state index is 0.455. The summed E-state index contributed by atoms with van der Waals surface area (Å²) in [5, 5.41) is 8.59.